The predicted molar refractivity (Wildman–Crippen MR) is 96.7 cm³/mol. The monoisotopic (exact) mass is 384 g/mol. The third-order valence-corrected chi connectivity index (χ3v) is 5.09. The number of carbonyl (C=O) groups is 1. The average molecular weight is 384 g/mol. The number of anilines is 1. The molecule has 0 aliphatic carbocycles. The number of thioether (sulfide) groups is 1. The minimum atomic E-state index is -4.61. The second-order valence-corrected chi connectivity index (χ2v) is 7.37. The van der Waals surface area contributed by atoms with E-state index in [1.807, 2.05) is 13.8 Å². The van der Waals surface area contributed by atoms with Crippen LogP contribution in [0.25, 0.3) is 0 Å². The van der Waals surface area contributed by atoms with Gasteiger partial charge in [-0.15, -0.1) is 11.8 Å². The summed E-state index contributed by atoms with van der Waals surface area (Å²) < 4.78 is 41.5. The van der Waals surface area contributed by atoms with Crippen molar-refractivity contribution in [2.75, 3.05) is 5.32 Å². The average Bonchev–Trinajstić information content (AvgIpc) is 2.57. The van der Waals surface area contributed by atoms with Gasteiger partial charge in [0.15, 0.2) is 0 Å². The van der Waals surface area contributed by atoms with Crippen molar-refractivity contribution in [1.82, 2.24) is 4.57 Å². The number of rotatable bonds is 5. The Bertz CT molecular complexity index is 862. The van der Waals surface area contributed by atoms with E-state index in [4.69, 9.17) is 0 Å². The lowest BCUT2D eigenvalue weighted by molar-refractivity contribution is -0.137. The molecule has 26 heavy (non-hydrogen) atoms. The summed E-state index contributed by atoms with van der Waals surface area (Å²) in [5.74, 6) is -0.768. The molecular formula is C18H19F3N2O2S. The molecule has 4 nitrogen and oxygen atoms in total. The molecule has 1 amide bonds. The number of benzene rings is 1. The molecule has 1 N–H and O–H groups in total. The van der Waals surface area contributed by atoms with Gasteiger partial charge < -0.3 is 9.88 Å². The summed E-state index contributed by atoms with van der Waals surface area (Å²) in [5.41, 5.74) is -1.67. The van der Waals surface area contributed by atoms with Crippen molar-refractivity contribution in [3.63, 3.8) is 0 Å². The molecule has 0 saturated carbocycles. The molecule has 2 aromatic rings. The van der Waals surface area contributed by atoms with Crippen LogP contribution < -0.4 is 10.9 Å². The first-order chi connectivity index (χ1) is 12.1. The Morgan fingerprint density at radius 2 is 1.96 bits per heavy atom. The zero-order chi connectivity index (χ0) is 19.5. The molecule has 0 saturated heterocycles. The predicted octanol–water partition coefficient (Wildman–Crippen LogP) is 4.55. The molecule has 0 fully saturated rings. The van der Waals surface area contributed by atoms with E-state index < -0.39 is 23.2 Å². The van der Waals surface area contributed by atoms with Crippen LogP contribution in [0, 0.1) is 0 Å². The highest BCUT2D eigenvalue weighted by molar-refractivity contribution is 7.99. The number of nitrogens with one attached hydrogen (secondary N) is 1. The topological polar surface area (TPSA) is 51.1 Å². The minimum Gasteiger partial charge on any atom is -0.321 e. The van der Waals surface area contributed by atoms with Crippen LogP contribution in [-0.4, -0.2) is 15.7 Å². The summed E-state index contributed by atoms with van der Waals surface area (Å²) in [4.78, 5) is 24.3. The number of hydrogen-bond donors (Lipinski definition) is 1. The third kappa shape index (κ3) is 4.91. The highest BCUT2D eigenvalue weighted by Crippen LogP contribution is 2.38. The fourth-order valence-electron chi connectivity index (χ4n) is 2.14. The molecule has 8 heteroatoms. The van der Waals surface area contributed by atoms with Gasteiger partial charge in [-0.25, -0.2) is 0 Å². The van der Waals surface area contributed by atoms with Gasteiger partial charge in [-0.1, -0.05) is 13.8 Å². The van der Waals surface area contributed by atoms with Crippen LogP contribution in [0.5, 0.6) is 0 Å². The zero-order valence-corrected chi connectivity index (χ0v) is 15.4. The molecular weight excluding hydrogens is 365 g/mol. The number of amides is 1. The van der Waals surface area contributed by atoms with Crippen molar-refractivity contribution in [3.05, 3.63) is 58.0 Å². The van der Waals surface area contributed by atoms with E-state index in [1.54, 1.807) is 6.07 Å². The Morgan fingerprint density at radius 1 is 1.27 bits per heavy atom. The normalized spacial score (nSPS) is 12.7. The Kier molecular flexibility index (Phi) is 6.17. The van der Waals surface area contributed by atoms with E-state index in [0.717, 1.165) is 18.6 Å². The van der Waals surface area contributed by atoms with E-state index in [0.29, 0.717) is 4.90 Å². The Labute approximate surface area is 153 Å². The number of hydrogen-bond acceptors (Lipinski definition) is 3. The van der Waals surface area contributed by atoms with Crippen LogP contribution in [-0.2, 0) is 13.2 Å². The second-order valence-electron chi connectivity index (χ2n) is 5.86. The summed E-state index contributed by atoms with van der Waals surface area (Å²) >= 11 is 1.34. The van der Waals surface area contributed by atoms with Gasteiger partial charge in [0.05, 0.1) is 11.3 Å². The van der Waals surface area contributed by atoms with Gasteiger partial charge in [-0.2, -0.15) is 13.2 Å². The first-order valence-corrected chi connectivity index (χ1v) is 8.85. The molecule has 1 aromatic heterocycles. The number of carbonyl (C=O) groups excluding carboxylic acids is 1. The quantitative estimate of drug-likeness (QED) is 0.770. The Morgan fingerprint density at radius 3 is 2.54 bits per heavy atom. The van der Waals surface area contributed by atoms with Gasteiger partial charge in [-0.05, 0) is 30.7 Å². The summed E-state index contributed by atoms with van der Waals surface area (Å²) in [6.45, 7) is 3.89. The molecule has 1 atom stereocenters. The molecule has 0 bridgehead atoms. The van der Waals surface area contributed by atoms with Gasteiger partial charge >= 0.3 is 6.18 Å². The van der Waals surface area contributed by atoms with E-state index in [2.05, 4.69) is 5.32 Å². The van der Waals surface area contributed by atoms with E-state index in [9.17, 15) is 22.8 Å². The van der Waals surface area contributed by atoms with Gasteiger partial charge in [0.2, 0.25) is 0 Å². The lowest BCUT2D eigenvalue weighted by atomic mass is 10.1. The summed E-state index contributed by atoms with van der Waals surface area (Å²) in [7, 11) is 1.51. The van der Waals surface area contributed by atoms with Gasteiger partial charge in [0, 0.05) is 35.0 Å². The van der Waals surface area contributed by atoms with E-state index >= 15 is 0 Å². The third-order valence-electron chi connectivity index (χ3n) is 3.82. The summed E-state index contributed by atoms with van der Waals surface area (Å²) in [5, 5.41) is 2.44. The van der Waals surface area contributed by atoms with Gasteiger partial charge in [-0.3, -0.25) is 9.59 Å². The van der Waals surface area contributed by atoms with Gasteiger partial charge in [0.1, 0.15) is 0 Å². The first kappa shape index (κ1) is 20.1. The molecule has 0 radical (unpaired) electrons. The Balaban J connectivity index is 2.34. The molecule has 0 aliphatic rings. The minimum absolute atomic E-state index is 0.000666. The maximum atomic E-state index is 13.4. The fourth-order valence-corrected chi connectivity index (χ4v) is 3.10. The molecule has 1 heterocycles. The van der Waals surface area contributed by atoms with Crippen LogP contribution in [0.1, 0.15) is 36.2 Å². The highest BCUT2D eigenvalue weighted by atomic mass is 32.2. The lowest BCUT2D eigenvalue weighted by Gasteiger charge is -2.16. The van der Waals surface area contributed by atoms with Crippen molar-refractivity contribution in [2.45, 2.75) is 36.6 Å². The molecule has 1 unspecified atom stereocenters. The van der Waals surface area contributed by atoms with Crippen molar-refractivity contribution in [2.24, 2.45) is 7.05 Å². The fraction of sp³-hybridized carbons (Fsp3) is 0.333. The molecule has 1 aromatic carbocycles. The standard InChI is InChI=1S/C18H19F3N2O2S/c1-4-11(2)26-13-5-6-15(14(10-13)18(19,20)21)22-17(25)12-7-8-23(3)16(24)9-12/h5-11H,4H2,1-3H3,(H,22,25). The molecule has 140 valence electrons. The van der Waals surface area contributed by atoms with Crippen LogP contribution in [0.15, 0.2) is 46.2 Å². The van der Waals surface area contributed by atoms with E-state index in [-0.39, 0.29) is 16.5 Å². The maximum absolute atomic E-state index is 13.4. The molecule has 0 aliphatic heterocycles. The van der Waals surface area contributed by atoms with Crippen LogP contribution in [0.2, 0.25) is 0 Å². The summed E-state index contributed by atoms with van der Waals surface area (Å²) in [6.07, 6.45) is -2.40. The van der Waals surface area contributed by atoms with Crippen LogP contribution >= 0.6 is 11.8 Å². The number of halogens is 3. The Hall–Kier alpha value is -2.22. The molecule has 2 rings (SSSR count). The lowest BCUT2D eigenvalue weighted by Crippen LogP contribution is -2.21. The summed E-state index contributed by atoms with van der Waals surface area (Å²) in [6, 6.07) is 6.28. The van der Waals surface area contributed by atoms with Crippen molar-refractivity contribution >= 4 is 23.4 Å². The smallest absolute Gasteiger partial charge is 0.321 e. The zero-order valence-electron chi connectivity index (χ0n) is 14.6. The number of alkyl halides is 3. The number of pyridine rings is 1. The van der Waals surface area contributed by atoms with Gasteiger partial charge in [0.25, 0.3) is 11.5 Å². The number of aryl methyl sites for hydroxylation is 1. The maximum Gasteiger partial charge on any atom is 0.418 e. The van der Waals surface area contributed by atoms with E-state index in [1.165, 1.54) is 41.7 Å². The van der Waals surface area contributed by atoms with Crippen LogP contribution in [0.3, 0.4) is 0 Å². The van der Waals surface area contributed by atoms with Crippen molar-refractivity contribution in [1.29, 1.82) is 0 Å². The van der Waals surface area contributed by atoms with Crippen molar-refractivity contribution < 1.29 is 18.0 Å². The number of aromatic nitrogens is 1. The van der Waals surface area contributed by atoms with Crippen LogP contribution in [0.4, 0.5) is 18.9 Å². The number of nitrogens with zero attached hydrogens (tertiary/aromatic N) is 1. The SMILES string of the molecule is CCC(C)Sc1ccc(NC(=O)c2ccn(C)c(=O)c2)c(C(F)(F)F)c1. The molecule has 0 spiro atoms. The largest absolute Gasteiger partial charge is 0.418 e. The highest BCUT2D eigenvalue weighted by Gasteiger charge is 2.34. The van der Waals surface area contributed by atoms with Crippen molar-refractivity contribution in [3.8, 4) is 0 Å². The second kappa shape index (κ2) is 7.99. The first-order valence-electron chi connectivity index (χ1n) is 7.97.